The maximum atomic E-state index is 2.49. The van der Waals surface area contributed by atoms with Gasteiger partial charge in [0.15, 0.2) is 0 Å². The van der Waals surface area contributed by atoms with Gasteiger partial charge in [-0.25, -0.2) is 0 Å². The molecule has 6 heterocycles. The van der Waals surface area contributed by atoms with E-state index in [1.54, 1.807) is 0 Å². The van der Waals surface area contributed by atoms with Gasteiger partial charge in [-0.15, -0.1) is 11.3 Å². The Hall–Kier alpha value is -13.3. The van der Waals surface area contributed by atoms with E-state index in [1.807, 2.05) is 11.3 Å². The Morgan fingerprint density at radius 2 is 0.471 bits per heavy atom. The largest absolute Gasteiger partial charge is 0.309 e. The van der Waals surface area contributed by atoms with Gasteiger partial charge in [0, 0.05) is 92.1 Å². The number of benzene rings is 16. The van der Waals surface area contributed by atoms with E-state index in [0.29, 0.717) is 0 Å². The van der Waals surface area contributed by atoms with Crippen LogP contribution in [0.1, 0.15) is 0 Å². The first-order valence-corrected chi connectivity index (χ1v) is 35.9. The molecule has 474 valence electrons. The summed E-state index contributed by atoms with van der Waals surface area (Å²) in [5.74, 6) is 0. The maximum absolute atomic E-state index is 2.49. The van der Waals surface area contributed by atoms with E-state index in [0.717, 1.165) is 44.9 Å². The smallest absolute Gasteiger partial charge is 0.0640 e. The van der Waals surface area contributed by atoms with Crippen LogP contribution in [0.25, 0.3) is 202 Å². The highest BCUT2D eigenvalue weighted by atomic mass is 32.1. The lowest BCUT2D eigenvalue weighted by molar-refractivity contribution is 1.17. The second-order valence-electron chi connectivity index (χ2n) is 27.1. The van der Waals surface area contributed by atoms with Crippen LogP contribution in [0.2, 0.25) is 0 Å². The molecule has 6 aromatic heterocycles. The third-order valence-electron chi connectivity index (χ3n) is 21.7. The summed E-state index contributed by atoms with van der Waals surface area (Å²) in [7, 11) is 0. The monoisotopic (exact) mass is 1310 g/mol. The van der Waals surface area contributed by atoms with Gasteiger partial charge in [-0.3, -0.25) is 0 Å². The van der Waals surface area contributed by atoms with Gasteiger partial charge in [-0.05, 0) is 184 Å². The van der Waals surface area contributed by atoms with E-state index in [1.165, 1.54) is 157 Å². The second kappa shape index (κ2) is 22.1. The molecule has 0 unspecified atom stereocenters. The lowest BCUT2D eigenvalue weighted by atomic mass is 9.98. The highest BCUT2D eigenvalue weighted by molar-refractivity contribution is 7.26. The standard InChI is InChI=1S/C96H59N5S/c1-5-21-60(22-6-1)71-32-19-33-77-78-34-20-38-92(96(78)102-95(71)77)101-86-37-18-15-30-73(86)80-54-64(44-51-91(80)101)63-42-49-88-82(56-63)76-47-40-66(58-94(76)99(88)69-27-11-4-12-28-69)65-39-46-75-81-55-62(41-48-87(81)98(93(75)57-65)68-25-9-3-10-26-68)61-43-50-89-79(53-61)72-29-13-17-36-85(72)100(89)70-45-52-90-83(59-70)74-31-14-16-35-84(74)97(90)67-23-7-2-8-24-67/h1-59H. The van der Waals surface area contributed by atoms with Gasteiger partial charge < -0.3 is 22.8 Å². The minimum atomic E-state index is 1.13. The third-order valence-corrected chi connectivity index (χ3v) is 22.9. The molecular weight excluding hydrogens is 1260 g/mol. The van der Waals surface area contributed by atoms with Crippen LogP contribution in [0, 0.1) is 0 Å². The average Bonchev–Trinajstić information content (AvgIpc) is 1.58. The van der Waals surface area contributed by atoms with E-state index in [4.69, 9.17) is 0 Å². The minimum Gasteiger partial charge on any atom is -0.309 e. The summed E-state index contributed by atoms with van der Waals surface area (Å²) in [5.41, 5.74) is 27.1. The Kier molecular flexibility index (Phi) is 12.3. The Labute approximate surface area is 590 Å². The van der Waals surface area contributed by atoms with Crippen LogP contribution in [0.5, 0.6) is 0 Å². The first kappa shape index (κ1) is 56.7. The summed E-state index contributed by atoms with van der Waals surface area (Å²) >= 11 is 1.90. The molecule has 22 rings (SSSR count). The fourth-order valence-corrected chi connectivity index (χ4v) is 18.4. The molecule has 0 aliphatic rings. The van der Waals surface area contributed by atoms with Crippen molar-refractivity contribution < 1.29 is 0 Å². The molecule has 0 aliphatic carbocycles. The molecule has 0 aliphatic heterocycles. The zero-order chi connectivity index (χ0) is 66.7. The molecule has 0 radical (unpaired) electrons. The first-order chi connectivity index (χ1) is 50.6. The number of rotatable bonds is 9. The molecule has 22 aromatic rings. The Morgan fingerprint density at radius 3 is 0.941 bits per heavy atom. The molecule has 0 saturated heterocycles. The Balaban J connectivity index is 0.647. The van der Waals surface area contributed by atoms with Crippen molar-refractivity contribution in [2.24, 2.45) is 0 Å². The molecule has 0 bridgehead atoms. The van der Waals surface area contributed by atoms with Crippen LogP contribution < -0.4 is 0 Å². The van der Waals surface area contributed by atoms with Crippen LogP contribution in [0.15, 0.2) is 358 Å². The molecule has 6 heteroatoms. The van der Waals surface area contributed by atoms with E-state index in [-0.39, 0.29) is 0 Å². The topological polar surface area (TPSA) is 24.6 Å². The quantitative estimate of drug-likeness (QED) is 0.138. The van der Waals surface area contributed by atoms with E-state index in [9.17, 15) is 0 Å². The van der Waals surface area contributed by atoms with Crippen molar-refractivity contribution in [2.45, 2.75) is 0 Å². The molecule has 102 heavy (non-hydrogen) atoms. The fourth-order valence-electron chi connectivity index (χ4n) is 17.1. The van der Waals surface area contributed by atoms with Crippen molar-refractivity contribution >= 4 is 141 Å². The molecule has 0 N–H and O–H groups in total. The first-order valence-electron chi connectivity index (χ1n) is 35.0. The third kappa shape index (κ3) is 8.45. The zero-order valence-electron chi connectivity index (χ0n) is 55.2. The number of hydrogen-bond donors (Lipinski definition) is 0. The van der Waals surface area contributed by atoms with Gasteiger partial charge in [0.25, 0.3) is 0 Å². The Morgan fingerprint density at radius 1 is 0.157 bits per heavy atom. The molecule has 16 aromatic carbocycles. The number of para-hydroxylation sites is 6. The maximum Gasteiger partial charge on any atom is 0.0640 e. The van der Waals surface area contributed by atoms with Crippen LogP contribution in [0.4, 0.5) is 0 Å². The van der Waals surface area contributed by atoms with Crippen LogP contribution in [-0.2, 0) is 0 Å². The van der Waals surface area contributed by atoms with Crippen molar-refractivity contribution in [3.8, 4) is 72.9 Å². The molecule has 0 spiro atoms. The van der Waals surface area contributed by atoms with Gasteiger partial charge in [0.1, 0.15) is 0 Å². The van der Waals surface area contributed by atoms with Gasteiger partial charge in [-0.2, -0.15) is 0 Å². The molecule has 0 fully saturated rings. The average molecular weight is 1310 g/mol. The fraction of sp³-hybridized carbons (Fsp3) is 0. The molecule has 0 atom stereocenters. The minimum absolute atomic E-state index is 1.13. The van der Waals surface area contributed by atoms with E-state index < -0.39 is 0 Å². The molecule has 5 nitrogen and oxygen atoms in total. The van der Waals surface area contributed by atoms with Crippen LogP contribution in [-0.4, -0.2) is 22.8 Å². The van der Waals surface area contributed by atoms with Gasteiger partial charge in [0.05, 0.1) is 65.6 Å². The summed E-state index contributed by atoms with van der Waals surface area (Å²) in [6.45, 7) is 0. The second-order valence-corrected chi connectivity index (χ2v) is 28.2. The highest BCUT2D eigenvalue weighted by Gasteiger charge is 2.23. The molecular formula is C96H59N5S. The Bertz CT molecular complexity index is 7220. The van der Waals surface area contributed by atoms with Gasteiger partial charge >= 0.3 is 0 Å². The van der Waals surface area contributed by atoms with Crippen molar-refractivity contribution in [1.82, 2.24) is 22.8 Å². The summed E-state index contributed by atoms with van der Waals surface area (Å²) in [6, 6.07) is 133. The predicted octanol–water partition coefficient (Wildman–Crippen LogP) is 26.2. The summed E-state index contributed by atoms with van der Waals surface area (Å²) in [5, 5.41) is 14.8. The number of thiophene rings is 1. The van der Waals surface area contributed by atoms with Crippen molar-refractivity contribution in [2.75, 3.05) is 0 Å². The number of hydrogen-bond acceptors (Lipinski definition) is 1. The van der Waals surface area contributed by atoms with Crippen molar-refractivity contribution in [1.29, 1.82) is 0 Å². The van der Waals surface area contributed by atoms with Crippen molar-refractivity contribution in [3.05, 3.63) is 358 Å². The van der Waals surface area contributed by atoms with Crippen molar-refractivity contribution in [3.63, 3.8) is 0 Å². The number of aromatic nitrogens is 5. The van der Waals surface area contributed by atoms with Gasteiger partial charge in [0.2, 0.25) is 0 Å². The molecule has 0 amide bonds. The zero-order valence-corrected chi connectivity index (χ0v) is 56.0. The van der Waals surface area contributed by atoms with E-state index in [2.05, 4.69) is 381 Å². The lowest BCUT2D eigenvalue weighted by Gasteiger charge is -2.11. The molecule has 0 saturated carbocycles. The van der Waals surface area contributed by atoms with Gasteiger partial charge in [-0.1, -0.05) is 218 Å². The predicted molar refractivity (Wildman–Crippen MR) is 433 cm³/mol. The highest BCUT2D eigenvalue weighted by Crippen LogP contribution is 2.47. The number of fused-ring (bicyclic) bond motifs is 18. The lowest BCUT2D eigenvalue weighted by Crippen LogP contribution is -1.95. The SMILES string of the molecule is c1ccc(-c2cccc3c2sc2c(-n4c5ccccc5c5cc(-c6ccc7c(c6)c6ccc(-c8ccc9c%10cc(-c%11ccc%12c(c%11)c%11ccccc%11n%12-c%11ccc%12c(c%11)c%11ccccc%11n%12-c%11ccccc%11)ccc%10n(-c%10ccccc%10)c9c8)cc6n7-c6ccccc6)ccc54)cccc23)cc1. The summed E-state index contributed by atoms with van der Waals surface area (Å²) < 4.78 is 14.8. The number of nitrogens with zero attached hydrogens (tertiary/aromatic N) is 5. The summed E-state index contributed by atoms with van der Waals surface area (Å²) in [4.78, 5) is 0. The summed E-state index contributed by atoms with van der Waals surface area (Å²) in [6.07, 6.45) is 0. The van der Waals surface area contributed by atoms with Crippen LogP contribution >= 0.6 is 11.3 Å². The van der Waals surface area contributed by atoms with Crippen LogP contribution in [0.3, 0.4) is 0 Å². The van der Waals surface area contributed by atoms with E-state index >= 15 is 0 Å². The normalized spacial score (nSPS) is 12.1.